The number of ether oxygens (including phenoxy) is 2. The summed E-state index contributed by atoms with van der Waals surface area (Å²) in [5.41, 5.74) is 1.54. The molecule has 1 amide bonds. The second-order valence-corrected chi connectivity index (χ2v) is 11.6. The Morgan fingerprint density at radius 2 is 1.73 bits per heavy atom. The highest BCUT2D eigenvalue weighted by atomic mass is 79.9. The van der Waals surface area contributed by atoms with Gasteiger partial charge in [0.25, 0.3) is 5.91 Å². The molecule has 0 saturated heterocycles. The minimum Gasteiger partial charge on any atom is -0.494 e. The predicted molar refractivity (Wildman–Crippen MR) is 161 cm³/mol. The van der Waals surface area contributed by atoms with Crippen molar-refractivity contribution in [1.29, 1.82) is 0 Å². The molecule has 1 aliphatic carbocycles. The number of carbonyl (C=O) groups is 1. The number of nitrogens with one attached hydrogen (secondary N) is 1. The number of aliphatic imine (C=N–C) groups is 1. The van der Waals surface area contributed by atoms with E-state index in [1.54, 1.807) is 0 Å². The van der Waals surface area contributed by atoms with E-state index in [4.69, 9.17) is 19.6 Å². The lowest BCUT2D eigenvalue weighted by atomic mass is 9.81. The molecule has 7 heteroatoms. The standard InChI is InChI=1S/C33H37BrN2O4/c34-28-16-12-26(13-17-28)30-33(22-24-8-3-1-4-9-24,32(38)35-23-25-10-5-2-6-11-25)36-31(40-30)27-14-18-29(19-15-27)39-21-7-20-37/h1,3-4,8-9,12-19,25,30,37H,2,5-7,10-11,20-23H2,(H,35,38)/t30-,33-/m1/s1. The number of benzene rings is 3. The number of rotatable bonds is 11. The maximum Gasteiger partial charge on any atom is 0.252 e. The lowest BCUT2D eigenvalue weighted by Crippen LogP contribution is -2.51. The summed E-state index contributed by atoms with van der Waals surface area (Å²) < 4.78 is 13.3. The molecule has 0 unspecified atom stereocenters. The van der Waals surface area contributed by atoms with Crippen molar-refractivity contribution in [3.8, 4) is 5.75 Å². The molecule has 0 spiro atoms. The van der Waals surface area contributed by atoms with Crippen LogP contribution in [0.2, 0.25) is 0 Å². The van der Waals surface area contributed by atoms with Crippen LogP contribution in [0.15, 0.2) is 88.3 Å². The molecule has 2 atom stereocenters. The van der Waals surface area contributed by atoms with E-state index in [1.807, 2.05) is 78.9 Å². The van der Waals surface area contributed by atoms with Crippen molar-refractivity contribution < 1.29 is 19.4 Å². The molecule has 2 aliphatic rings. The molecule has 3 aromatic carbocycles. The molecule has 2 N–H and O–H groups in total. The van der Waals surface area contributed by atoms with Gasteiger partial charge in [-0.3, -0.25) is 4.79 Å². The smallest absolute Gasteiger partial charge is 0.252 e. The lowest BCUT2D eigenvalue weighted by Gasteiger charge is -2.32. The molecule has 40 heavy (non-hydrogen) atoms. The summed E-state index contributed by atoms with van der Waals surface area (Å²) in [5.74, 6) is 1.55. The first-order valence-corrected chi connectivity index (χ1v) is 15.0. The van der Waals surface area contributed by atoms with E-state index in [1.165, 1.54) is 19.3 Å². The monoisotopic (exact) mass is 604 g/mol. The van der Waals surface area contributed by atoms with Gasteiger partial charge in [0, 0.05) is 36.0 Å². The van der Waals surface area contributed by atoms with Crippen LogP contribution in [0, 0.1) is 5.92 Å². The number of hydrogen-bond donors (Lipinski definition) is 2. The summed E-state index contributed by atoms with van der Waals surface area (Å²) in [7, 11) is 0. The zero-order chi connectivity index (χ0) is 27.8. The number of halogens is 1. The molecule has 0 bridgehead atoms. The van der Waals surface area contributed by atoms with Crippen LogP contribution in [0.25, 0.3) is 0 Å². The number of hydrogen-bond acceptors (Lipinski definition) is 5. The Morgan fingerprint density at radius 3 is 2.42 bits per heavy atom. The van der Waals surface area contributed by atoms with Gasteiger partial charge in [0.2, 0.25) is 5.90 Å². The van der Waals surface area contributed by atoms with E-state index in [-0.39, 0.29) is 12.5 Å². The molecule has 1 heterocycles. The number of amides is 1. The number of aliphatic hydroxyl groups is 1. The van der Waals surface area contributed by atoms with Crippen molar-refractivity contribution in [3.63, 3.8) is 0 Å². The highest BCUT2D eigenvalue weighted by Crippen LogP contribution is 2.43. The van der Waals surface area contributed by atoms with Crippen molar-refractivity contribution in [2.45, 2.75) is 56.6 Å². The second kappa shape index (κ2) is 13.5. The Morgan fingerprint density at radius 1 is 1.00 bits per heavy atom. The van der Waals surface area contributed by atoms with Gasteiger partial charge < -0.3 is 19.9 Å². The first-order valence-electron chi connectivity index (χ1n) is 14.3. The van der Waals surface area contributed by atoms with E-state index in [0.717, 1.165) is 34.0 Å². The third-order valence-corrected chi connectivity index (χ3v) is 8.32. The molecule has 0 radical (unpaired) electrons. The van der Waals surface area contributed by atoms with Gasteiger partial charge in [0.05, 0.1) is 6.61 Å². The molecular weight excluding hydrogens is 568 g/mol. The molecular formula is C33H37BrN2O4. The minimum atomic E-state index is -1.17. The lowest BCUT2D eigenvalue weighted by molar-refractivity contribution is -0.129. The average molecular weight is 606 g/mol. The van der Waals surface area contributed by atoms with Gasteiger partial charge >= 0.3 is 0 Å². The molecule has 1 aliphatic heterocycles. The Kier molecular flexibility index (Phi) is 9.55. The van der Waals surface area contributed by atoms with Crippen LogP contribution >= 0.6 is 15.9 Å². The van der Waals surface area contributed by atoms with Gasteiger partial charge in [-0.1, -0.05) is 77.7 Å². The SMILES string of the molecule is O=C(NCC1CCCCC1)[C@]1(Cc2ccccc2)N=C(c2ccc(OCCCO)cc2)O[C@@H]1c1ccc(Br)cc1. The minimum absolute atomic E-state index is 0.0898. The largest absolute Gasteiger partial charge is 0.494 e. The Labute approximate surface area is 245 Å². The number of carbonyl (C=O) groups excluding carboxylic acids is 1. The van der Waals surface area contributed by atoms with E-state index in [2.05, 4.69) is 21.2 Å². The second-order valence-electron chi connectivity index (χ2n) is 10.7. The van der Waals surface area contributed by atoms with Crippen LogP contribution in [0.1, 0.15) is 61.3 Å². The summed E-state index contributed by atoms with van der Waals surface area (Å²) in [6.07, 6.45) is 6.43. The van der Waals surface area contributed by atoms with Crippen LogP contribution in [0.4, 0.5) is 0 Å². The summed E-state index contributed by atoms with van der Waals surface area (Å²) in [6.45, 7) is 1.19. The fourth-order valence-corrected chi connectivity index (χ4v) is 5.87. The summed E-state index contributed by atoms with van der Waals surface area (Å²) in [6, 6.07) is 25.6. The van der Waals surface area contributed by atoms with Crippen LogP contribution in [-0.2, 0) is 16.0 Å². The third-order valence-electron chi connectivity index (χ3n) is 7.80. The van der Waals surface area contributed by atoms with Crippen molar-refractivity contribution in [2.75, 3.05) is 19.8 Å². The van der Waals surface area contributed by atoms with Crippen LogP contribution in [0.5, 0.6) is 5.75 Å². The first kappa shape index (κ1) is 28.4. The van der Waals surface area contributed by atoms with Crippen molar-refractivity contribution >= 4 is 27.7 Å². The van der Waals surface area contributed by atoms with Gasteiger partial charge in [-0.2, -0.15) is 0 Å². The third kappa shape index (κ3) is 6.76. The normalized spacial score (nSPS) is 20.9. The summed E-state index contributed by atoms with van der Waals surface area (Å²) in [5, 5.41) is 12.3. The zero-order valence-electron chi connectivity index (χ0n) is 22.7. The summed E-state index contributed by atoms with van der Waals surface area (Å²) >= 11 is 3.54. The van der Waals surface area contributed by atoms with E-state index >= 15 is 0 Å². The van der Waals surface area contributed by atoms with Gasteiger partial charge in [0.15, 0.2) is 11.6 Å². The fraction of sp³-hybridized carbons (Fsp3) is 0.394. The average Bonchev–Trinajstić information content (AvgIpc) is 3.38. The highest BCUT2D eigenvalue weighted by Gasteiger charge is 2.53. The number of aliphatic hydroxyl groups excluding tert-OH is 1. The van der Waals surface area contributed by atoms with E-state index in [0.29, 0.717) is 43.6 Å². The van der Waals surface area contributed by atoms with E-state index in [9.17, 15) is 4.79 Å². The quantitative estimate of drug-likeness (QED) is 0.248. The molecule has 1 saturated carbocycles. The summed E-state index contributed by atoms with van der Waals surface area (Å²) in [4.78, 5) is 19.4. The Balaban J connectivity index is 1.50. The topological polar surface area (TPSA) is 80.2 Å². The fourth-order valence-electron chi connectivity index (χ4n) is 5.61. The van der Waals surface area contributed by atoms with Gasteiger partial charge in [-0.15, -0.1) is 0 Å². The van der Waals surface area contributed by atoms with Crippen molar-refractivity contribution in [3.05, 3.63) is 100 Å². The maximum atomic E-state index is 14.3. The van der Waals surface area contributed by atoms with Crippen LogP contribution < -0.4 is 10.1 Å². The molecule has 210 valence electrons. The molecule has 0 aromatic heterocycles. The van der Waals surface area contributed by atoms with Crippen LogP contribution in [-0.4, -0.2) is 42.2 Å². The first-order chi connectivity index (χ1) is 19.6. The van der Waals surface area contributed by atoms with Crippen molar-refractivity contribution in [2.24, 2.45) is 10.9 Å². The van der Waals surface area contributed by atoms with Gasteiger partial charge in [-0.05, 0) is 66.3 Å². The van der Waals surface area contributed by atoms with Gasteiger partial charge in [0.1, 0.15) is 5.75 Å². The predicted octanol–water partition coefficient (Wildman–Crippen LogP) is 6.41. The Hall–Kier alpha value is -3.16. The molecule has 3 aromatic rings. The van der Waals surface area contributed by atoms with E-state index < -0.39 is 11.6 Å². The maximum absolute atomic E-state index is 14.3. The van der Waals surface area contributed by atoms with Crippen molar-refractivity contribution in [1.82, 2.24) is 5.32 Å². The van der Waals surface area contributed by atoms with Gasteiger partial charge in [-0.25, -0.2) is 4.99 Å². The van der Waals surface area contributed by atoms with Crippen LogP contribution in [0.3, 0.4) is 0 Å². The molecule has 6 nitrogen and oxygen atoms in total. The number of nitrogens with zero attached hydrogens (tertiary/aromatic N) is 1. The highest BCUT2D eigenvalue weighted by molar-refractivity contribution is 9.10. The molecule has 5 rings (SSSR count). The molecule has 1 fully saturated rings. The zero-order valence-corrected chi connectivity index (χ0v) is 24.3. The Bertz CT molecular complexity index is 1270.